The van der Waals surface area contributed by atoms with Gasteiger partial charge in [-0.15, -0.1) is 0 Å². The number of nitrogens with two attached hydrogens (primary N) is 1. The zero-order valence-corrected chi connectivity index (χ0v) is 12.1. The minimum Gasteiger partial charge on any atom is -0.497 e. The highest BCUT2D eigenvalue weighted by Gasteiger charge is 2.23. The van der Waals surface area contributed by atoms with Crippen LogP contribution in [0.25, 0.3) is 0 Å². The second kappa shape index (κ2) is 6.26. The second-order valence-electron chi connectivity index (χ2n) is 5.34. The maximum absolute atomic E-state index is 6.15. The molecule has 1 aromatic carbocycles. The molecule has 4 heteroatoms. The predicted octanol–water partition coefficient (Wildman–Crippen LogP) is 1.87. The monoisotopic (exact) mass is 264 g/mol. The van der Waals surface area contributed by atoms with E-state index in [9.17, 15) is 0 Å². The van der Waals surface area contributed by atoms with Gasteiger partial charge in [0.25, 0.3) is 0 Å². The fraction of sp³-hybridized carbons (Fsp3) is 0.600. The molecule has 1 heterocycles. The van der Waals surface area contributed by atoms with Crippen molar-refractivity contribution in [3.8, 4) is 11.5 Å². The van der Waals surface area contributed by atoms with E-state index in [0.717, 1.165) is 31.1 Å². The lowest BCUT2D eigenvalue weighted by Crippen LogP contribution is -2.47. The Labute approximate surface area is 115 Å². The van der Waals surface area contributed by atoms with Crippen LogP contribution in [0, 0.1) is 5.92 Å². The summed E-state index contributed by atoms with van der Waals surface area (Å²) in [4.78, 5) is 2.40. The van der Waals surface area contributed by atoms with E-state index in [0.29, 0.717) is 5.92 Å². The number of piperidine rings is 1. The highest BCUT2D eigenvalue weighted by Crippen LogP contribution is 2.27. The molecular formula is C15H24N2O2. The number of ether oxygens (including phenoxy) is 2. The van der Waals surface area contributed by atoms with E-state index < -0.39 is 0 Å². The van der Waals surface area contributed by atoms with E-state index in [-0.39, 0.29) is 6.04 Å². The number of hydrogen-bond acceptors (Lipinski definition) is 4. The zero-order chi connectivity index (χ0) is 13.8. The van der Waals surface area contributed by atoms with Gasteiger partial charge in [-0.3, -0.25) is 4.90 Å². The number of nitrogens with zero attached hydrogens (tertiary/aromatic N) is 1. The van der Waals surface area contributed by atoms with Gasteiger partial charge in [0.2, 0.25) is 0 Å². The summed E-state index contributed by atoms with van der Waals surface area (Å²) in [6.07, 6.45) is 1.17. The van der Waals surface area contributed by atoms with Crippen molar-refractivity contribution >= 4 is 0 Å². The van der Waals surface area contributed by atoms with Crippen LogP contribution in [-0.4, -0.2) is 38.3 Å². The molecule has 1 saturated heterocycles. The van der Waals surface area contributed by atoms with Gasteiger partial charge in [-0.05, 0) is 24.9 Å². The van der Waals surface area contributed by atoms with Gasteiger partial charge < -0.3 is 15.2 Å². The molecule has 106 valence electrons. The molecule has 0 aliphatic carbocycles. The van der Waals surface area contributed by atoms with Gasteiger partial charge in [0, 0.05) is 30.8 Å². The summed E-state index contributed by atoms with van der Waals surface area (Å²) in [6.45, 7) is 5.17. The Kier molecular flexibility index (Phi) is 4.66. The summed E-state index contributed by atoms with van der Waals surface area (Å²) < 4.78 is 10.7. The van der Waals surface area contributed by atoms with Crippen LogP contribution in [0.4, 0.5) is 0 Å². The third kappa shape index (κ3) is 3.39. The summed E-state index contributed by atoms with van der Waals surface area (Å²) in [7, 11) is 3.36. The third-order valence-electron chi connectivity index (χ3n) is 3.99. The maximum atomic E-state index is 6.15. The summed E-state index contributed by atoms with van der Waals surface area (Å²) in [5, 5.41) is 0. The van der Waals surface area contributed by atoms with Gasteiger partial charge in [-0.1, -0.05) is 13.0 Å². The van der Waals surface area contributed by atoms with E-state index in [2.05, 4.69) is 17.9 Å². The quantitative estimate of drug-likeness (QED) is 0.902. The first-order valence-electron chi connectivity index (χ1n) is 6.83. The Morgan fingerprint density at radius 2 is 2.11 bits per heavy atom. The summed E-state index contributed by atoms with van der Waals surface area (Å²) >= 11 is 0. The van der Waals surface area contributed by atoms with E-state index in [1.165, 1.54) is 12.0 Å². The molecule has 0 spiro atoms. The van der Waals surface area contributed by atoms with Gasteiger partial charge >= 0.3 is 0 Å². The molecule has 4 nitrogen and oxygen atoms in total. The van der Waals surface area contributed by atoms with E-state index in [1.807, 2.05) is 12.1 Å². The van der Waals surface area contributed by atoms with E-state index in [1.54, 1.807) is 14.2 Å². The van der Waals surface area contributed by atoms with Gasteiger partial charge in [0.15, 0.2) is 0 Å². The molecule has 19 heavy (non-hydrogen) atoms. The van der Waals surface area contributed by atoms with E-state index >= 15 is 0 Å². The average molecular weight is 264 g/mol. The van der Waals surface area contributed by atoms with Gasteiger partial charge in [-0.25, -0.2) is 0 Å². The van der Waals surface area contributed by atoms with Crippen molar-refractivity contribution in [2.24, 2.45) is 11.7 Å². The highest BCUT2D eigenvalue weighted by molar-refractivity contribution is 5.40. The Bertz CT molecular complexity index is 423. The first-order valence-corrected chi connectivity index (χ1v) is 6.83. The summed E-state index contributed by atoms with van der Waals surface area (Å²) in [5.74, 6) is 2.32. The molecule has 0 radical (unpaired) electrons. The number of methoxy groups -OCH3 is 2. The van der Waals surface area contributed by atoms with Gasteiger partial charge in [0.1, 0.15) is 11.5 Å². The van der Waals surface area contributed by atoms with Crippen LogP contribution in [0.1, 0.15) is 18.9 Å². The van der Waals surface area contributed by atoms with Crippen molar-refractivity contribution < 1.29 is 9.47 Å². The minimum atomic E-state index is 0.276. The highest BCUT2D eigenvalue weighted by atomic mass is 16.5. The summed E-state index contributed by atoms with van der Waals surface area (Å²) in [5.41, 5.74) is 7.33. The first kappa shape index (κ1) is 14.2. The largest absolute Gasteiger partial charge is 0.497 e. The van der Waals surface area contributed by atoms with Crippen molar-refractivity contribution in [1.29, 1.82) is 0 Å². The number of rotatable bonds is 4. The van der Waals surface area contributed by atoms with Crippen LogP contribution in [0.15, 0.2) is 18.2 Å². The molecule has 1 fully saturated rings. The fourth-order valence-electron chi connectivity index (χ4n) is 2.54. The second-order valence-corrected chi connectivity index (χ2v) is 5.34. The lowest BCUT2D eigenvalue weighted by Gasteiger charge is -2.35. The molecule has 1 aliphatic heterocycles. The smallest absolute Gasteiger partial charge is 0.127 e. The Morgan fingerprint density at radius 3 is 2.74 bits per heavy atom. The lowest BCUT2D eigenvalue weighted by molar-refractivity contribution is 0.161. The SMILES string of the molecule is COc1ccc(CN2CCC(C)C(N)C2)c(OC)c1. The fourth-order valence-corrected chi connectivity index (χ4v) is 2.54. The average Bonchev–Trinajstić information content (AvgIpc) is 2.43. The Hall–Kier alpha value is -1.26. The van der Waals surface area contributed by atoms with Crippen molar-refractivity contribution in [3.63, 3.8) is 0 Å². The zero-order valence-electron chi connectivity index (χ0n) is 12.1. The topological polar surface area (TPSA) is 47.7 Å². The van der Waals surface area contributed by atoms with Crippen LogP contribution in [0.5, 0.6) is 11.5 Å². The third-order valence-corrected chi connectivity index (χ3v) is 3.99. The van der Waals surface area contributed by atoms with Crippen LogP contribution < -0.4 is 15.2 Å². The molecule has 0 bridgehead atoms. The van der Waals surface area contributed by atoms with Crippen molar-refractivity contribution in [1.82, 2.24) is 4.90 Å². The van der Waals surface area contributed by atoms with Crippen molar-refractivity contribution in [2.45, 2.75) is 25.9 Å². The van der Waals surface area contributed by atoms with Crippen LogP contribution in [0.2, 0.25) is 0 Å². The number of benzene rings is 1. The number of likely N-dealkylation sites (tertiary alicyclic amines) is 1. The normalized spacial score (nSPS) is 24.2. The van der Waals surface area contributed by atoms with Crippen molar-refractivity contribution in [3.05, 3.63) is 23.8 Å². The Balaban J connectivity index is 2.06. The summed E-state index contributed by atoms with van der Waals surface area (Å²) in [6, 6.07) is 6.26. The van der Waals surface area contributed by atoms with Crippen molar-refractivity contribution in [2.75, 3.05) is 27.3 Å². The molecule has 2 rings (SSSR count). The molecule has 2 unspecified atom stereocenters. The lowest BCUT2D eigenvalue weighted by atomic mass is 9.94. The van der Waals surface area contributed by atoms with Gasteiger partial charge in [-0.2, -0.15) is 0 Å². The molecule has 0 amide bonds. The minimum absolute atomic E-state index is 0.276. The van der Waals surface area contributed by atoms with Gasteiger partial charge in [0.05, 0.1) is 14.2 Å². The predicted molar refractivity (Wildman–Crippen MR) is 76.6 cm³/mol. The first-order chi connectivity index (χ1) is 9.13. The standard InChI is InChI=1S/C15H24N2O2/c1-11-6-7-17(10-14(11)16)9-12-4-5-13(18-2)8-15(12)19-3/h4-5,8,11,14H,6-7,9-10,16H2,1-3H3. The Morgan fingerprint density at radius 1 is 1.32 bits per heavy atom. The van der Waals surface area contributed by atoms with Crippen LogP contribution in [-0.2, 0) is 6.54 Å². The molecule has 1 aromatic rings. The number of hydrogen-bond donors (Lipinski definition) is 1. The molecule has 1 aliphatic rings. The van der Waals surface area contributed by atoms with Crippen LogP contribution in [0.3, 0.4) is 0 Å². The van der Waals surface area contributed by atoms with E-state index in [4.69, 9.17) is 15.2 Å². The molecule has 2 atom stereocenters. The molecule has 0 aromatic heterocycles. The molecular weight excluding hydrogens is 240 g/mol. The van der Waals surface area contributed by atoms with Crippen LogP contribution >= 0.6 is 0 Å². The molecule has 0 saturated carbocycles. The molecule has 2 N–H and O–H groups in total. The maximum Gasteiger partial charge on any atom is 0.127 e.